The van der Waals surface area contributed by atoms with Crippen molar-refractivity contribution in [3.63, 3.8) is 0 Å². The zero-order chi connectivity index (χ0) is 19.8. The van der Waals surface area contributed by atoms with Gasteiger partial charge in [0.2, 0.25) is 0 Å². The zero-order valence-corrected chi connectivity index (χ0v) is 15.6. The first-order chi connectivity index (χ1) is 13.4. The summed E-state index contributed by atoms with van der Waals surface area (Å²) < 4.78 is 5.10. The highest BCUT2D eigenvalue weighted by Crippen LogP contribution is 2.44. The molecular formula is C21H22N2O5. The van der Waals surface area contributed by atoms with Gasteiger partial charge in [-0.3, -0.25) is 14.4 Å². The Labute approximate surface area is 162 Å². The molecule has 0 spiro atoms. The third-order valence-corrected chi connectivity index (χ3v) is 5.67. The Bertz CT molecular complexity index is 917. The number of furan rings is 1. The van der Waals surface area contributed by atoms with Gasteiger partial charge in [0.05, 0.1) is 12.2 Å². The van der Waals surface area contributed by atoms with E-state index in [-0.39, 0.29) is 24.1 Å². The van der Waals surface area contributed by atoms with Crippen molar-refractivity contribution in [1.82, 2.24) is 4.90 Å². The molecule has 1 aromatic heterocycles. The van der Waals surface area contributed by atoms with Crippen LogP contribution in [-0.4, -0.2) is 40.9 Å². The number of carboxylic acids is 1. The Kier molecular flexibility index (Phi) is 4.66. The molecule has 1 saturated carbocycles. The number of benzene rings is 1. The number of nitrogens with one attached hydrogen (secondary N) is 1. The highest BCUT2D eigenvalue weighted by molar-refractivity contribution is 6.04. The molecule has 2 aromatic rings. The second-order valence-electron chi connectivity index (χ2n) is 7.62. The molecule has 2 atom stereocenters. The van der Waals surface area contributed by atoms with Gasteiger partial charge in [-0.15, -0.1) is 0 Å². The Morgan fingerprint density at radius 1 is 1.18 bits per heavy atom. The van der Waals surface area contributed by atoms with Crippen LogP contribution in [0.2, 0.25) is 0 Å². The van der Waals surface area contributed by atoms with Gasteiger partial charge in [-0.2, -0.15) is 0 Å². The summed E-state index contributed by atoms with van der Waals surface area (Å²) in [5.41, 5.74) is 1.78. The summed E-state index contributed by atoms with van der Waals surface area (Å²) in [7, 11) is 0. The molecule has 7 nitrogen and oxygen atoms in total. The number of aliphatic carboxylic acids is 1. The number of carbonyl (C=O) groups is 3. The number of carbonyl (C=O) groups excluding carboxylic acids is 2. The van der Waals surface area contributed by atoms with E-state index in [1.807, 2.05) is 6.92 Å². The van der Waals surface area contributed by atoms with Gasteiger partial charge < -0.3 is 19.7 Å². The number of hydrogen-bond donors (Lipinski definition) is 2. The van der Waals surface area contributed by atoms with Crippen molar-refractivity contribution in [2.75, 3.05) is 18.4 Å². The maximum Gasteiger partial charge on any atom is 0.308 e. The van der Waals surface area contributed by atoms with Crippen LogP contribution >= 0.6 is 0 Å². The number of amides is 2. The maximum absolute atomic E-state index is 13.0. The first kappa shape index (κ1) is 18.3. The molecule has 1 aromatic carbocycles. The molecule has 1 aliphatic carbocycles. The second-order valence-corrected chi connectivity index (χ2v) is 7.62. The zero-order valence-electron chi connectivity index (χ0n) is 15.6. The lowest BCUT2D eigenvalue weighted by atomic mass is 9.92. The molecule has 7 heteroatoms. The number of aryl methyl sites for hydroxylation is 1. The number of likely N-dealkylation sites (tertiary alicyclic amines) is 1. The van der Waals surface area contributed by atoms with Crippen LogP contribution in [0.5, 0.6) is 0 Å². The fourth-order valence-electron chi connectivity index (χ4n) is 3.92. The summed E-state index contributed by atoms with van der Waals surface area (Å²) in [6.45, 7) is 2.55. The van der Waals surface area contributed by atoms with Crippen LogP contribution < -0.4 is 5.32 Å². The molecule has 2 aliphatic rings. The number of rotatable bonds is 5. The third kappa shape index (κ3) is 3.52. The van der Waals surface area contributed by atoms with Gasteiger partial charge in [-0.1, -0.05) is 6.07 Å². The molecule has 2 N–H and O–H groups in total. The molecule has 2 heterocycles. The summed E-state index contributed by atoms with van der Waals surface area (Å²) in [5.74, 6) is -1.29. The number of anilines is 1. The second kappa shape index (κ2) is 7.14. The summed E-state index contributed by atoms with van der Waals surface area (Å²) in [6, 6.07) is 8.31. The van der Waals surface area contributed by atoms with E-state index in [4.69, 9.17) is 4.42 Å². The van der Waals surface area contributed by atoms with Crippen LogP contribution in [0.3, 0.4) is 0 Å². The first-order valence-electron chi connectivity index (χ1n) is 9.41. The lowest BCUT2D eigenvalue weighted by Gasteiger charge is -2.17. The van der Waals surface area contributed by atoms with Crippen LogP contribution in [0, 0.1) is 24.7 Å². The highest BCUT2D eigenvalue weighted by atomic mass is 16.4. The van der Waals surface area contributed by atoms with E-state index >= 15 is 0 Å². The smallest absolute Gasteiger partial charge is 0.308 e. The lowest BCUT2D eigenvalue weighted by Crippen LogP contribution is -2.30. The molecule has 2 fully saturated rings. The van der Waals surface area contributed by atoms with Crippen LogP contribution in [0.15, 0.2) is 41.0 Å². The van der Waals surface area contributed by atoms with Gasteiger partial charge >= 0.3 is 5.97 Å². The minimum Gasteiger partial charge on any atom is -0.481 e. The van der Waals surface area contributed by atoms with E-state index in [9.17, 15) is 19.5 Å². The minimum atomic E-state index is -0.831. The quantitative estimate of drug-likeness (QED) is 0.828. The highest BCUT2D eigenvalue weighted by Gasteiger charge is 2.46. The molecule has 28 heavy (non-hydrogen) atoms. The number of carboxylic acid groups (broad SMARTS) is 1. The van der Waals surface area contributed by atoms with Gasteiger partial charge in [-0.05, 0) is 61.4 Å². The molecule has 0 radical (unpaired) electrons. The molecule has 0 bridgehead atoms. The van der Waals surface area contributed by atoms with Crippen molar-refractivity contribution in [3.05, 3.63) is 53.5 Å². The summed E-state index contributed by atoms with van der Waals surface area (Å²) >= 11 is 0. The molecule has 0 unspecified atom stereocenters. The fraction of sp³-hybridized carbons (Fsp3) is 0.381. The van der Waals surface area contributed by atoms with E-state index in [1.54, 1.807) is 35.2 Å². The van der Waals surface area contributed by atoms with Crippen LogP contribution in [0.1, 0.15) is 39.3 Å². The molecule has 4 rings (SSSR count). The number of hydrogen-bond acceptors (Lipinski definition) is 4. The predicted molar refractivity (Wildman–Crippen MR) is 101 cm³/mol. The van der Waals surface area contributed by atoms with Gasteiger partial charge in [-0.25, -0.2) is 0 Å². The van der Waals surface area contributed by atoms with Crippen LogP contribution in [0.25, 0.3) is 0 Å². The van der Waals surface area contributed by atoms with E-state index < -0.39 is 17.8 Å². The van der Waals surface area contributed by atoms with Crippen molar-refractivity contribution in [2.45, 2.75) is 19.8 Å². The third-order valence-electron chi connectivity index (χ3n) is 5.67. The molecule has 146 valence electrons. The van der Waals surface area contributed by atoms with Gasteiger partial charge in [0.25, 0.3) is 11.8 Å². The predicted octanol–water partition coefficient (Wildman–Crippen LogP) is 3.02. The molecule has 2 amide bonds. The van der Waals surface area contributed by atoms with Gasteiger partial charge in [0, 0.05) is 24.3 Å². The lowest BCUT2D eigenvalue weighted by molar-refractivity contribution is -0.142. The average Bonchev–Trinajstić information content (AvgIpc) is 3.19. The molecule has 1 aliphatic heterocycles. The fourth-order valence-corrected chi connectivity index (χ4v) is 3.92. The number of nitrogens with zero attached hydrogens (tertiary/aromatic N) is 1. The maximum atomic E-state index is 13.0. The van der Waals surface area contributed by atoms with Crippen LogP contribution in [0.4, 0.5) is 5.69 Å². The Balaban J connectivity index is 1.52. The van der Waals surface area contributed by atoms with Crippen molar-refractivity contribution in [3.8, 4) is 0 Å². The first-order valence-corrected chi connectivity index (χ1v) is 9.41. The van der Waals surface area contributed by atoms with Crippen molar-refractivity contribution in [1.29, 1.82) is 0 Å². The van der Waals surface area contributed by atoms with E-state index in [1.165, 1.54) is 6.26 Å². The van der Waals surface area contributed by atoms with Crippen LogP contribution in [-0.2, 0) is 4.79 Å². The Morgan fingerprint density at radius 3 is 2.61 bits per heavy atom. The Hall–Kier alpha value is -3.09. The normalized spacial score (nSPS) is 21.5. The largest absolute Gasteiger partial charge is 0.481 e. The van der Waals surface area contributed by atoms with E-state index in [0.717, 1.165) is 18.4 Å². The van der Waals surface area contributed by atoms with E-state index in [0.29, 0.717) is 23.7 Å². The summed E-state index contributed by atoms with van der Waals surface area (Å²) in [5, 5.41) is 12.3. The SMILES string of the molecule is Cc1ccc(C(=O)N2C[C@H](C(=O)O)[C@@H](C3CC3)C2)cc1NC(=O)c1ccco1. The van der Waals surface area contributed by atoms with Gasteiger partial charge in [0.15, 0.2) is 5.76 Å². The monoisotopic (exact) mass is 382 g/mol. The average molecular weight is 382 g/mol. The topological polar surface area (TPSA) is 99.9 Å². The van der Waals surface area contributed by atoms with Crippen molar-refractivity contribution in [2.24, 2.45) is 17.8 Å². The van der Waals surface area contributed by atoms with Crippen molar-refractivity contribution >= 4 is 23.5 Å². The van der Waals surface area contributed by atoms with Gasteiger partial charge in [0.1, 0.15) is 0 Å². The Morgan fingerprint density at radius 2 is 1.96 bits per heavy atom. The summed E-state index contributed by atoms with van der Waals surface area (Å²) in [4.78, 5) is 38.4. The van der Waals surface area contributed by atoms with E-state index in [2.05, 4.69) is 5.32 Å². The molecule has 1 saturated heterocycles. The standard InChI is InChI=1S/C21H22N2O5/c1-12-4-5-14(9-17(12)22-19(24)18-3-2-8-28-18)20(25)23-10-15(13-6-7-13)16(11-23)21(26)27/h2-5,8-9,13,15-16H,6-7,10-11H2,1H3,(H,22,24)(H,26,27)/t15-,16+/m1/s1. The molecular weight excluding hydrogens is 360 g/mol. The minimum absolute atomic E-state index is 0.0324. The van der Waals surface area contributed by atoms with Crippen molar-refractivity contribution < 1.29 is 23.9 Å². The summed E-state index contributed by atoms with van der Waals surface area (Å²) in [6.07, 6.45) is 3.51.